The molecule has 21 heavy (non-hydrogen) atoms. The summed E-state index contributed by atoms with van der Waals surface area (Å²) in [5.41, 5.74) is 0. The molecule has 0 aliphatic heterocycles. The summed E-state index contributed by atoms with van der Waals surface area (Å²) in [6, 6.07) is 0. The van der Waals surface area contributed by atoms with Crippen LogP contribution in [0.2, 0.25) is 0 Å². The second kappa shape index (κ2) is 18.3. The van der Waals surface area contributed by atoms with Crippen molar-refractivity contribution in [2.45, 2.75) is 128 Å². The van der Waals surface area contributed by atoms with E-state index in [1.54, 1.807) is 0 Å². The molecule has 0 radical (unpaired) electrons. The average Bonchev–Trinajstić information content (AvgIpc) is 2.49. The Balaban J connectivity index is 3.11. The Labute approximate surface area is 140 Å². The predicted molar refractivity (Wildman–Crippen MR) is 99.5 cm³/mol. The molecule has 1 heteroatoms. The summed E-state index contributed by atoms with van der Waals surface area (Å²) in [5.74, 6) is 0. The Morgan fingerprint density at radius 3 is 1.10 bits per heavy atom. The largest absolute Gasteiger partial charge is 0.123 e. The van der Waals surface area contributed by atoms with Crippen LogP contribution in [0.3, 0.4) is 0 Å². The molecule has 0 aromatic heterocycles. The van der Waals surface area contributed by atoms with Crippen molar-refractivity contribution in [1.82, 2.24) is 0 Å². The molecule has 1 unspecified atom stereocenters. The molecule has 1 atom stereocenters. The van der Waals surface area contributed by atoms with E-state index >= 15 is 0 Å². The van der Waals surface area contributed by atoms with E-state index < -0.39 is 0 Å². The van der Waals surface area contributed by atoms with Crippen LogP contribution in [-0.2, 0) is 0 Å². The third-order valence-electron chi connectivity index (χ3n) is 4.49. The van der Waals surface area contributed by atoms with Crippen molar-refractivity contribution < 1.29 is 0 Å². The zero-order valence-electron chi connectivity index (χ0n) is 15.0. The average molecular weight is 317 g/mol. The van der Waals surface area contributed by atoms with Gasteiger partial charge in [0, 0.05) is 5.38 Å². The first-order valence-corrected chi connectivity index (χ1v) is 10.4. The number of hydrogen-bond donors (Lipinski definition) is 0. The van der Waals surface area contributed by atoms with Crippen molar-refractivity contribution >= 4 is 11.6 Å². The predicted octanol–water partition coefficient (Wildman–Crippen LogP) is 8.27. The number of hydrogen-bond acceptors (Lipinski definition) is 0. The van der Waals surface area contributed by atoms with Gasteiger partial charge in [0.15, 0.2) is 0 Å². The Morgan fingerprint density at radius 2 is 0.762 bits per heavy atom. The van der Waals surface area contributed by atoms with E-state index in [0.29, 0.717) is 5.38 Å². The van der Waals surface area contributed by atoms with Crippen molar-refractivity contribution in [1.29, 1.82) is 0 Å². The summed E-state index contributed by atoms with van der Waals surface area (Å²) in [7, 11) is 0. The van der Waals surface area contributed by atoms with E-state index in [-0.39, 0.29) is 0 Å². The molecule has 0 saturated carbocycles. The minimum absolute atomic E-state index is 0.445. The van der Waals surface area contributed by atoms with Crippen LogP contribution in [-0.4, -0.2) is 5.38 Å². The zero-order valence-corrected chi connectivity index (χ0v) is 15.7. The maximum atomic E-state index is 6.42. The summed E-state index contributed by atoms with van der Waals surface area (Å²) < 4.78 is 0. The van der Waals surface area contributed by atoms with Crippen molar-refractivity contribution in [2.24, 2.45) is 0 Å². The van der Waals surface area contributed by atoms with Gasteiger partial charge in [0.2, 0.25) is 0 Å². The Kier molecular flexibility index (Phi) is 18.6. The molecule has 0 aliphatic rings. The molecule has 0 rings (SSSR count). The quantitative estimate of drug-likeness (QED) is 0.187. The molecule has 0 nitrogen and oxygen atoms in total. The van der Waals surface area contributed by atoms with Crippen LogP contribution in [0.15, 0.2) is 0 Å². The van der Waals surface area contributed by atoms with Crippen molar-refractivity contribution in [3.05, 3.63) is 0 Å². The minimum atomic E-state index is 0.445. The van der Waals surface area contributed by atoms with E-state index in [0.717, 1.165) is 0 Å². The highest BCUT2D eigenvalue weighted by Gasteiger charge is 2.04. The summed E-state index contributed by atoms with van der Waals surface area (Å²) in [6.07, 6.45) is 23.5. The molecule has 0 aromatic rings. The molecule has 0 aliphatic carbocycles. The molecular formula is C20H41Cl. The van der Waals surface area contributed by atoms with Gasteiger partial charge in [-0.15, -0.1) is 11.6 Å². The highest BCUT2D eigenvalue weighted by molar-refractivity contribution is 6.20. The fourth-order valence-corrected chi connectivity index (χ4v) is 3.28. The van der Waals surface area contributed by atoms with Crippen molar-refractivity contribution in [3.8, 4) is 0 Å². The van der Waals surface area contributed by atoms with Gasteiger partial charge in [-0.25, -0.2) is 0 Å². The normalized spacial score (nSPS) is 12.7. The Morgan fingerprint density at radius 1 is 0.476 bits per heavy atom. The van der Waals surface area contributed by atoms with Gasteiger partial charge in [-0.3, -0.25) is 0 Å². The lowest BCUT2D eigenvalue weighted by molar-refractivity contribution is 0.530. The highest BCUT2D eigenvalue weighted by Crippen LogP contribution is 2.18. The monoisotopic (exact) mass is 316 g/mol. The molecule has 0 saturated heterocycles. The summed E-state index contributed by atoms with van der Waals surface area (Å²) in [4.78, 5) is 0. The van der Waals surface area contributed by atoms with Gasteiger partial charge in [0.1, 0.15) is 0 Å². The lowest BCUT2D eigenvalue weighted by Crippen LogP contribution is -1.98. The lowest BCUT2D eigenvalue weighted by Gasteiger charge is -2.09. The Bertz CT molecular complexity index is 179. The van der Waals surface area contributed by atoms with Crippen LogP contribution < -0.4 is 0 Å². The van der Waals surface area contributed by atoms with Crippen LogP contribution in [0.5, 0.6) is 0 Å². The molecule has 0 heterocycles. The molecule has 0 spiro atoms. The van der Waals surface area contributed by atoms with Crippen LogP contribution in [0.1, 0.15) is 123 Å². The molecule has 0 N–H and O–H groups in total. The third kappa shape index (κ3) is 18.2. The van der Waals surface area contributed by atoms with Crippen LogP contribution >= 0.6 is 11.6 Å². The van der Waals surface area contributed by atoms with E-state index in [2.05, 4.69) is 13.8 Å². The molecular weight excluding hydrogens is 276 g/mol. The van der Waals surface area contributed by atoms with Crippen molar-refractivity contribution in [2.75, 3.05) is 0 Å². The second-order valence-electron chi connectivity index (χ2n) is 6.77. The summed E-state index contributed by atoms with van der Waals surface area (Å²) in [6.45, 7) is 4.56. The van der Waals surface area contributed by atoms with Gasteiger partial charge in [-0.05, 0) is 12.8 Å². The molecule has 128 valence electrons. The van der Waals surface area contributed by atoms with Crippen molar-refractivity contribution in [3.63, 3.8) is 0 Å². The first-order valence-electron chi connectivity index (χ1n) is 9.95. The first-order chi connectivity index (χ1) is 10.3. The van der Waals surface area contributed by atoms with Crippen LogP contribution in [0.25, 0.3) is 0 Å². The maximum absolute atomic E-state index is 6.42. The first kappa shape index (κ1) is 21.3. The topological polar surface area (TPSA) is 0 Å². The molecule has 0 aromatic carbocycles. The second-order valence-corrected chi connectivity index (χ2v) is 7.39. The molecule has 0 fully saturated rings. The fourth-order valence-electron chi connectivity index (χ4n) is 2.97. The minimum Gasteiger partial charge on any atom is -0.123 e. The fraction of sp³-hybridized carbons (Fsp3) is 1.00. The summed E-state index contributed by atoms with van der Waals surface area (Å²) >= 11 is 6.42. The zero-order chi connectivity index (χ0) is 15.6. The van der Waals surface area contributed by atoms with Gasteiger partial charge in [0.25, 0.3) is 0 Å². The van der Waals surface area contributed by atoms with Crippen LogP contribution in [0.4, 0.5) is 0 Å². The smallest absolute Gasteiger partial charge is 0.0336 e. The van der Waals surface area contributed by atoms with Gasteiger partial charge in [-0.1, -0.05) is 110 Å². The number of rotatable bonds is 17. The maximum Gasteiger partial charge on any atom is 0.0336 e. The van der Waals surface area contributed by atoms with Gasteiger partial charge in [-0.2, -0.15) is 0 Å². The Hall–Kier alpha value is 0.290. The number of unbranched alkanes of at least 4 members (excludes halogenated alkanes) is 13. The van der Waals surface area contributed by atoms with E-state index in [9.17, 15) is 0 Å². The van der Waals surface area contributed by atoms with Gasteiger partial charge >= 0.3 is 0 Å². The lowest BCUT2D eigenvalue weighted by atomic mass is 10.0. The highest BCUT2D eigenvalue weighted by atomic mass is 35.5. The number of alkyl halides is 1. The van der Waals surface area contributed by atoms with Gasteiger partial charge in [0.05, 0.1) is 0 Å². The standard InChI is InChI=1S/C20H41Cl/c1-3-5-7-9-11-13-15-17-19-20(21)18-16-14-12-10-8-6-4-2/h20H,3-19H2,1-2H3. The van der Waals surface area contributed by atoms with Gasteiger partial charge < -0.3 is 0 Å². The van der Waals surface area contributed by atoms with E-state index in [4.69, 9.17) is 11.6 Å². The molecule has 0 bridgehead atoms. The van der Waals surface area contributed by atoms with E-state index in [1.165, 1.54) is 109 Å². The third-order valence-corrected chi connectivity index (χ3v) is 4.93. The number of halogens is 1. The SMILES string of the molecule is CCCCCCCCCCC(Cl)CCCCCCCCC. The molecule has 0 amide bonds. The van der Waals surface area contributed by atoms with Crippen LogP contribution in [0, 0.1) is 0 Å². The summed E-state index contributed by atoms with van der Waals surface area (Å²) in [5, 5.41) is 0.445. The van der Waals surface area contributed by atoms with E-state index in [1.807, 2.05) is 0 Å².